The van der Waals surface area contributed by atoms with Crippen LogP contribution in [0.2, 0.25) is 0 Å². The van der Waals surface area contributed by atoms with E-state index in [0.29, 0.717) is 12.6 Å². The number of nitrogen functional groups attached to an aromatic ring is 1. The Morgan fingerprint density at radius 2 is 2.20 bits per heavy atom. The van der Waals surface area contributed by atoms with E-state index in [1.165, 1.54) is 19.3 Å². The molecule has 3 nitrogen and oxygen atoms in total. The molecular weight excluding hydrogens is 188 g/mol. The van der Waals surface area contributed by atoms with Gasteiger partial charge in [0.1, 0.15) is 5.75 Å². The van der Waals surface area contributed by atoms with E-state index in [9.17, 15) is 0 Å². The number of rotatable bonds is 4. The second-order valence-corrected chi connectivity index (χ2v) is 4.00. The van der Waals surface area contributed by atoms with Gasteiger partial charge in [0.05, 0.1) is 6.61 Å². The van der Waals surface area contributed by atoms with Gasteiger partial charge in [-0.1, -0.05) is 0 Å². The molecule has 0 amide bonds. The molecule has 1 aliphatic carbocycles. The van der Waals surface area contributed by atoms with E-state index in [-0.39, 0.29) is 0 Å². The van der Waals surface area contributed by atoms with Gasteiger partial charge in [0, 0.05) is 29.5 Å². The minimum Gasteiger partial charge on any atom is -0.494 e. The number of nitrogens with two attached hydrogens (primary N) is 1. The molecule has 1 aliphatic rings. The van der Waals surface area contributed by atoms with Crippen LogP contribution in [-0.2, 0) is 0 Å². The molecule has 0 aliphatic heterocycles. The lowest BCUT2D eigenvalue weighted by atomic mass is 9.93. The van der Waals surface area contributed by atoms with Crippen molar-refractivity contribution in [3.63, 3.8) is 0 Å². The van der Waals surface area contributed by atoms with E-state index >= 15 is 0 Å². The van der Waals surface area contributed by atoms with Gasteiger partial charge in [0.15, 0.2) is 0 Å². The van der Waals surface area contributed by atoms with Crippen molar-refractivity contribution in [2.75, 3.05) is 17.7 Å². The SMILES string of the molecule is CCOc1cc(N)cc(NC2CCC2)c1. The summed E-state index contributed by atoms with van der Waals surface area (Å²) in [5.41, 5.74) is 7.63. The summed E-state index contributed by atoms with van der Waals surface area (Å²) >= 11 is 0. The third kappa shape index (κ3) is 2.55. The Balaban J connectivity index is 2.07. The van der Waals surface area contributed by atoms with Gasteiger partial charge in [0.2, 0.25) is 0 Å². The molecule has 1 saturated carbocycles. The lowest BCUT2D eigenvalue weighted by Gasteiger charge is -2.27. The zero-order chi connectivity index (χ0) is 10.7. The predicted molar refractivity (Wildman–Crippen MR) is 63.3 cm³/mol. The van der Waals surface area contributed by atoms with Gasteiger partial charge in [0.25, 0.3) is 0 Å². The van der Waals surface area contributed by atoms with Crippen molar-refractivity contribution < 1.29 is 4.74 Å². The van der Waals surface area contributed by atoms with Gasteiger partial charge in [-0.05, 0) is 32.3 Å². The Labute approximate surface area is 90.6 Å². The predicted octanol–water partition coefficient (Wildman–Crippen LogP) is 2.63. The Morgan fingerprint density at radius 1 is 1.40 bits per heavy atom. The Morgan fingerprint density at radius 3 is 2.80 bits per heavy atom. The fraction of sp³-hybridized carbons (Fsp3) is 0.500. The van der Waals surface area contributed by atoms with E-state index in [2.05, 4.69) is 5.32 Å². The van der Waals surface area contributed by atoms with Gasteiger partial charge < -0.3 is 15.8 Å². The van der Waals surface area contributed by atoms with E-state index in [4.69, 9.17) is 10.5 Å². The van der Waals surface area contributed by atoms with Crippen molar-refractivity contribution in [2.45, 2.75) is 32.2 Å². The summed E-state index contributed by atoms with van der Waals surface area (Å²) in [7, 11) is 0. The Hall–Kier alpha value is -1.38. The van der Waals surface area contributed by atoms with E-state index in [1.807, 2.05) is 25.1 Å². The number of benzene rings is 1. The number of hydrogen-bond acceptors (Lipinski definition) is 3. The Bertz CT molecular complexity index is 334. The first-order chi connectivity index (χ1) is 7.28. The van der Waals surface area contributed by atoms with Crippen molar-refractivity contribution in [2.24, 2.45) is 0 Å². The van der Waals surface area contributed by atoms with Crippen LogP contribution >= 0.6 is 0 Å². The fourth-order valence-electron chi connectivity index (χ4n) is 1.74. The summed E-state index contributed by atoms with van der Waals surface area (Å²) in [4.78, 5) is 0. The molecular formula is C12H18N2O. The van der Waals surface area contributed by atoms with Gasteiger partial charge >= 0.3 is 0 Å². The molecule has 0 unspecified atom stereocenters. The fourth-order valence-corrected chi connectivity index (χ4v) is 1.74. The summed E-state index contributed by atoms with van der Waals surface area (Å²) in [6.07, 6.45) is 3.86. The van der Waals surface area contributed by atoms with Crippen LogP contribution in [0.25, 0.3) is 0 Å². The van der Waals surface area contributed by atoms with Gasteiger partial charge in [-0.15, -0.1) is 0 Å². The van der Waals surface area contributed by atoms with Crippen molar-refractivity contribution in [3.05, 3.63) is 18.2 Å². The maximum Gasteiger partial charge on any atom is 0.123 e. The summed E-state index contributed by atoms with van der Waals surface area (Å²) < 4.78 is 5.44. The summed E-state index contributed by atoms with van der Waals surface area (Å²) in [6, 6.07) is 6.45. The van der Waals surface area contributed by atoms with Crippen LogP contribution in [0.4, 0.5) is 11.4 Å². The Kier molecular flexibility index (Phi) is 2.99. The lowest BCUT2D eigenvalue weighted by Crippen LogP contribution is -2.26. The van der Waals surface area contributed by atoms with E-state index in [0.717, 1.165) is 17.1 Å². The molecule has 0 bridgehead atoms. The zero-order valence-corrected chi connectivity index (χ0v) is 9.12. The van der Waals surface area contributed by atoms with Crippen molar-refractivity contribution in [1.82, 2.24) is 0 Å². The number of nitrogens with one attached hydrogen (secondary N) is 1. The second kappa shape index (κ2) is 4.43. The van der Waals surface area contributed by atoms with Crippen LogP contribution in [-0.4, -0.2) is 12.6 Å². The van der Waals surface area contributed by atoms with Crippen LogP contribution in [0, 0.1) is 0 Å². The summed E-state index contributed by atoms with van der Waals surface area (Å²) in [6.45, 7) is 2.65. The molecule has 3 N–H and O–H groups in total. The first-order valence-corrected chi connectivity index (χ1v) is 5.58. The lowest BCUT2D eigenvalue weighted by molar-refractivity contribution is 0.340. The zero-order valence-electron chi connectivity index (χ0n) is 9.12. The molecule has 0 radical (unpaired) electrons. The maximum atomic E-state index is 5.80. The third-order valence-corrected chi connectivity index (χ3v) is 2.72. The van der Waals surface area contributed by atoms with Crippen LogP contribution in [0.5, 0.6) is 5.75 Å². The molecule has 0 spiro atoms. The number of anilines is 2. The highest BCUT2D eigenvalue weighted by Gasteiger charge is 2.16. The highest BCUT2D eigenvalue weighted by molar-refractivity contribution is 5.59. The number of hydrogen-bond donors (Lipinski definition) is 2. The highest BCUT2D eigenvalue weighted by Crippen LogP contribution is 2.27. The van der Waals surface area contributed by atoms with Crippen LogP contribution < -0.4 is 15.8 Å². The normalized spacial score (nSPS) is 15.8. The van der Waals surface area contributed by atoms with Crippen LogP contribution in [0.1, 0.15) is 26.2 Å². The van der Waals surface area contributed by atoms with Crippen LogP contribution in [0.3, 0.4) is 0 Å². The second-order valence-electron chi connectivity index (χ2n) is 4.00. The molecule has 2 rings (SSSR count). The van der Waals surface area contributed by atoms with Crippen molar-refractivity contribution >= 4 is 11.4 Å². The molecule has 0 aromatic heterocycles. The quantitative estimate of drug-likeness (QED) is 0.744. The minimum absolute atomic E-state index is 0.626. The molecule has 1 fully saturated rings. The molecule has 15 heavy (non-hydrogen) atoms. The third-order valence-electron chi connectivity index (χ3n) is 2.72. The summed E-state index contributed by atoms with van der Waals surface area (Å²) in [5, 5.41) is 3.46. The molecule has 1 aromatic carbocycles. The van der Waals surface area contributed by atoms with E-state index < -0.39 is 0 Å². The average Bonchev–Trinajstić information content (AvgIpc) is 2.11. The minimum atomic E-state index is 0.626. The molecule has 0 heterocycles. The van der Waals surface area contributed by atoms with Crippen LogP contribution in [0.15, 0.2) is 18.2 Å². The highest BCUT2D eigenvalue weighted by atomic mass is 16.5. The molecule has 82 valence electrons. The molecule has 0 saturated heterocycles. The maximum absolute atomic E-state index is 5.80. The van der Waals surface area contributed by atoms with Gasteiger partial charge in [-0.25, -0.2) is 0 Å². The first kappa shape index (κ1) is 10.1. The largest absolute Gasteiger partial charge is 0.494 e. The van der Waals surface area contributed by atoms with Gasteiger partial charge in [-0.2, -0.15) is 0 Å². The average molecular weight is 206 g/mol. The molecule has 0 atom stereocenters. The monoisotopic (exact) mass is 206 g/mol. The summed E-state index contributed by atoms with van der Waals surface area (Å²) in [5.74, 6) is 0.847. The molecule has 3 heteroatoms. The number of ether oxygens (including phenoxy) is 1. The molecule has 1 aromatic rings. The topological polar surface area (TPSA) is 47.3 Å². The van der Waals surface area contributed by atoms with Gasteiger partial charge in [-0.3, -0.25) is 0 Å². The van der Waals surface area contributed by atoms with E-state index in [1.54, 1.807) is 0 Å². The van der Waals surface area contributed by atoms with Crippen molar-refractivity contribution in [3.8, 4) is 5.75 Å². The first-order valence-electron chi connectivity index (χ1n) is 5.58. The van der Waals surface area contributed by atoms with Crippen molar-refractivity contribution in [1.29, 1.82) is 0 Å². The smallest absolute Gasteiger partial charge is 0.123 e. The standard InChI is InChI=1S/C12H18N2O/c1-2-15-12-7-9(13)6-11(8-12)14-10-4-3-5-10/h6-8,10,14H,2-5,13H2,1H3.